The van der Waals surface area contributed by atoms with Crippen molar-refractivity contribution >= 4 is 10.8 Å². The number of hydrogen-bond acceptors (Lipinski definition) is 4. The van der Waals surface area contributed by atoms with Gasteiger partial charge in [0.1, 0.15) is 7.05 Å². The molecule has 0 amide bonds. The van der Waals surface area contributed by atoms with E-state index in [0.29, 0.717) is 0 Å². The monoisotopic (exact) mass is 401 g/mol. The number of methoxy groups -OCH3 is 4. The topological polar surface area (TPSA) is 40.8 Å². The van der Waals surface area contributed by atoms with E-state index in [0.717, 1.165) is 28.4 Å². The standard InChI is InChI=1S/C22H24NO4.ClH/c1-12-14-8-18(25-4)20(27-6)10-16(14)22-21(12)15-9-19(26-5)17(24-3)7-13(15)11-23(22)2;/h7-12H,1-6H3;1H/q+1;/p-1. The Bertz CT molecular complexity index is 1060. The molecule has 1 heterocycles. The highest BCUT2D eigenvalue weighted by Crippen LogP contribution is 2.50. The number of aryl methyl sites for hydroxylation is 1. The molecule has 1 aliphatic rings. The number of nitrogens with zero attached hydrogens (tertiary/aromatic N) is 1. The Hall–Kier alpha value is -2.66. The van der Waals surface area contributed by atoms with Crippen LogP contribution < -0.4 is 35.9 Å². The van der Waals surface area contributed by atoms with Gasteiger partial charge >= 0.3 is 0 Å². The fraction of sp³-hybridized carbons (Fsp3) is 0.318. The molecule has 148 valence electrons. The molecular weight excluding hydrogens is 378 g/mol. The van der Waals surface area contributed by atoms with Gasteiger partial charge in [0.25, 0.3) is 0 Å². The van der Waals surface area contributed by atoms with Crippen molar-refractivity contribution in [1.29, 1.82) is 0 Å². The van der Waals surface area contributed by atoms with Crippen molar-refractivity contribution in [1.82, 2.24) is 0 Å². The second-order valence-electron chi connectivity index (χ2n) is 6.81. The van der Waals surface area contributed by atoms with E-state index in [4.69, 9.17) is 18.9 Å². The molecule has 3 aromatic rings. The maximum Gasteiger partial charge on any atom is 0.217 e. The maximum atomic E-state index is 5.55. The summed E-state index contributed by atoms with van der Waals surface area (Å²) in [6.07, 6.45) is 2.13. The minimum absolute atomic E-state index is 0. The molecule has 6 heteroatoms. The van der Waals surface area contributed by atoms with Gasteiger partial charge in [-0.05, 0) is 29.8 Å². The molecule has 0 saturated heterocycles. The fourth-order valence-electron chi connectivity index (χ4n) is 4.21. The van der Waals surface area contributed by atoms with Crippen LogP contribution in [0.3, 0.4) is 0 Å². The van der Waals surface area contributed by atoms with Crippen molar-refractivity contribution < 1.29 is 35.9 Å². The van der Waals surface area contributed by atoms with Crippen LogP contribution in [0, 0.1) is 0 Å². The SMILES string of the molecule is COc1cc2c(cc1OC)C(C)c1c-2[n+](C)cc2cc(OC)c(OC)cc12.[Cl-]. The third-order valence-electron chi connectivity index (χ3n) is 5.50. The number of fused-ring (bicyclic) bond motifs is 5. The van der Waals surface area contributed by atoms with Gasteiger partial charge in [0.05, 0.1) is 34.0 Å². The van der Waals surface area contributed by atoms with Gasteiger partial charge < -0.3 is 31.4 Å². The Morgan fingerprint density at radius 3 is 1.93 bits per heavy atom. The first-order valence-electron chi connectivity index (χ1n) is 8.88. The Labute approximate surface area is 171 Å². The molecule has 2 aromatic carbocycles. The van der Waals surface area contributed by atoms with Crippen LogP contribution in [0.4, 0.5) is 0 Å². The first-order valence-corrected chi connectivity index (χ1v) is 8.88. The highest BCUT2D eigenvalue weighted by atomic mass is 35.5. The van der Waals surface area contributed by atoms with Crippen LogP contribution >= 0.6 is 0 Å². The highest BCUT2D eigenvalue weighted by molar-refractivity contribution is 5.95. The maximum absolute atomic E-state index is 5.55. The average molecular weight is 402 g/mol. The first kappa shape index (κ1) is 20.1. The molecule has 0 N–H and O–H groups in total. The second-order valence-corrected chi connectivity index (χ2v) is 6.81. The molecule has 0 radical (unpaired) electrons. The zero-order valence-electron chi connectivity index (χ0n) is 16.9. The van der Waals surface area contributed by atoms with E-state index >= 15 is 0 Å². The number of aromatic nitrogens is 1. The van der Waals surface area contributed by atoms with Gasteiger partial charge in [0.15, 0.2) is 29.2 Å². The normalized spacial score (nSPS) is 14.1. The molecule has 0 fully saturated rings. The van der Waals surface area contributed by atoms with Gasteiger partial charge in [-0.2, -0.15) is 0 Å². The number of hydrogen-bond donors (Lipinski definition) is 0. The molecule has 5 nitrogen and oxygen atoms in total. The summed E-state index contributed by atoms with van der Waals surface area (Å²) in [5.74, 6) is 3.18. The smallest absolute Gasteiger partial charge is 0.217 e. The quantitative estimate of drug-likeness (QED) is 0.607. The lowest BCUT2D eigenvalue weighted by atomic mass is 9.95. The van der Waals surface area contributed by atoms with Gasteiger partial charge in [0.2, 0.25) is 5.69 Å². The van der Waals surface area contributed by atoms with E-state index in [1.165, 1.54) is 27.8 Å². The summed E-state index contributed by atoms with van der Waals surface area (Å²) < 4.78 is 24.3. The lowest BCUT2D eigenvalue weighted by Gasteiger charge is -2.13. The third-order valence-corrected chi connectivity index (χ3v) is 5.50. The summed E-state index contributed by atoms with van der Waals surface area (Å²) in [5.41, 5.74) is 4.88. The van der Waals surface area contributed by atoms with E-state index in [-0.39, 0.29) is 18.3 Å². The van der Waals surface area contributed by atoms with Crippen LogP contribution in [-0.4, -0.2) is 28.4 Å². The molecule has 1 aromatic heterocycles. The van der Waals surface area contributed by atoms with Crippen molar-refractivity contribution in [3.05, 3.63) is 41.6 Å². The minimum Gasteiger partial charge on any atom is -1.00 e. The van der Waals surface area contributed by atoms with Crippen LogP contribution in [0.15, 0.2) is 30.5 Å². The van der Waals surface area contributed by atoms with Crippen LogP contribution in [0.1, 0.15) is 24.0 Å². The van der Waals surface area contributed by atoms with Gasteiger partial charge in [-0.1, -0.05) is 6.92 Å². The van der Waals surface area contributed by atoms with E-state index in [1.54, 1.807) is 28.4 Å². The van der Waals surface area contributed by atoms with E-state index in [2.05, 4.69) is 42.9 Å². The Morgan fingerprint density at radius 1 is 0.786 bits per heavy atom. The zero-order valence-corrected chi connectivity index (χ0v) is 17.7. The number of rotatable bonds is 4. The molecule has 1 atom stereocenters. The lowest BCUT2D eigenvalue weighted by Crippen LogP contribution is -3.00. The molecule has 0 spiro atoms. The van der Waals surface area contributed by atoms with Crippen molar-refractivity contribution in [2.45, 2.75) is 12.8 Å². The predicted molar refractivity (Wildman–Crippen MR) is 104 cm³/mol. The summed E-state index contributed by atoms with van der Waals surface area (Å²) in [6.45, 7) is 2.23. The number of benzene rings is 2. The van der Waals surface area contributed by atoms with Crippen LogP contribution in [0.5, 0.6) is 23.0 Å². The van der Waals surface area contributed by atoms with Gasteiger partial charge in [-0.25, -0.2) is 4.57 Å². The van der Waals surface area contributed by atoms with Crippen molar-refractivity contribution in [3.8, 4) is 34.3 Å². The van der Waals surface area contributed by atoms with Crippen LogP contribution in [0.25, 0.3) is 22.0 Å². The zero-order chi connectivity index (χ0) is 19.3. The molecule has 0 saturated carbocycles. The van der Waals surface area contributed by atoms with Gasteiger partial charge in [-0.3, -0.25) is 0 Å². The molecule has 0 aliphatic heterocycles. The predicted octanol–water partition coefficient (Wildman–Crippen LogP) is 0.835. The highest BCUT2D eigenvalue weighted by Gasteiger charge is 2.36. The molecular formula is C22H24ClNO4. The summed E-state index contributed by atoms with van der Waals surface area (Å²) in [7, 11) is 8.74. The average Bonchev–Trinajstić information content (AvgIpc) is 2.98. The van der Waals surface area contributed by atoms with E-state index < -0.39 is 0 Å². The van der Waals surface area contributed by atoms with Crippen molar-refractivity contribution in [3.63, 3.8) is 0 Å². The Kier molecular flexibility index (Phi) is 5.31. The summed E-state index contributed by atoms with van der Waals surface area (Å²) in [4.78, 5) is 0. The molecule has 4 rings (SSSR count). The van der Waals surface area contributed by atoms with Crippen molar-refractivity contribution in [2.24, 2.45) is 7.05 Å². The largest absolute Gasteiger partial charge is 1.00 e. The summed E-state index contributed by atoms with van der Waals surface area (Å²) >= 11 is 0. The third kappa shape index (κ3) is 2.73. The molecule has 1 aliphatic carbocycles. The fourth-order valence-corrected chi connectivity index (χ4v) is 4.21. The Morgan fingerprint density at radius 2 is 1.32 bits per heavy atom. The second kappa shape index (κ2) is 7.40. The number of ether oxygens (including phenoxy) is 4. The van der Waals surface area contributed by atoms with Gasteiger partial charge in [-0.15, -0.1) is 0 Å². The number of halogens is 1. The lowest BCUT2D eigenvalue weighted by molar-refractivity contribution is -0.659. The Balaban J connectivity index is 0.00000225. The first-order chi connectivity index (χ1) is 13.0. The van der Waals surface area contributed by atoms with Crippen LogP contribution in [0.2, 0.25) is 0 Å². The summed E-state index contributed by atoms with van der Waals surface area (Å²) in [5, 5.41) is 2.29. The molecule has 1 unspecified atom stereocenters. The van der Waals surface area contributed by atoms with E-state index in [9.17, 15) is 0 Å². The minimum atomic E-state index is 0. The summed E-state index contributed by atoms with van der Waals surface area (Å²) in [6, 6.07) is 8.27. The van der Waals surface area contributed by atoms with Crippen LogP contribution in [-0.2, 0) is 7.05 Å². The number of pyridine rings is 1. The molecule has 0 bridgehead atoms. The molecule has 28 heavy (non-hydrogen) atoms. The van der Waals surface area contributed by atoms with Crippen molar-refractivity contribution in [2.75, 3.05) is 28.4 Å². The van der Waals surface area contributed by atoms with E-state index in [1.807, 2.05) is 6.07 Å². The van der Waals surface area contributed by atoms with Gasteiger partial charge in [0, 0.05) is 22.3 Å².